The molecule has 2 heterocycles. The van der Waals surface area contributed by atoms with E-state index < -0.39 is 23.7 Å². The van der Waals surface area contributed by atoms with Crippen molar-refractivity contribution in [2.24, 2.45) is 0 Å². The maximum Gasteiger partial charge on any atom is 0.335 e. The second-order valence-corrected chi connectivity index (χ2v) is 6.49. The Labute approximate surface area is 171 Å². The molecule has 0 unspecified atom stereocenters. The zero-order valence-corrected chi connectivity index (χ0v) is 15.8. The minimum atomic E-state index is -0.927. The van der Waals surface area contributed by atoms with E-state index in [9.17, 15) is 18.8 Å². The predicted molar refractivity (Wildman–Crippen MR) is 108 cm³/mol. The SMILES string of the molecule is COc1ccc(-n2ccc(/C=C3/C(=O)NC(=O)N(c4cccc(F)c4)C3=O)c2)cc1. The van der Waals surface area contributed by atoms with E-state index in [1.54, 1.807) is 25.6 Å². The smallest absolute Gasteiger partial charge is 0.335 e. The van der Waals surface area contributed by atoms with Gasteiger partial charge < -0.3 is 9.30 Å². The van der Waals surface area contributed by atoms with Crippen LogP contribution in [0.25, 0.3) is 11.8 Å². The molecule has 1 N–H and O–H groups in total. The van der Waals surface area contributed by atoms with E-state index in [4.69, 9.17) is 4.74 Å². The van der Waals surface area contributed by atoms with Crippen LogP contribution in [0.4, 0.5) is 14.9 Å². The molecule has 0 radical (unpaired) electrons. The summed E-state index contributed by atoms with van der Waals surface area (Å²) in [5.41, 5.74) is 1.24. The molecule has 4 amide bonds. The third kappa shape index (κ3) is 3.58. The van der Waals surface area contributed by atoms with E-state index >= 15 is 0 Å². The van der Waals surface area contributed by atoms with Gasteiger partial charge in [-0.25, -0.2) is 14.1 Å². The van der Waals surface area contributed by atoms with Gasteiger partial charge in [-0.2, -0.15) is 0 Å². The van der Waals surface area contributed by atoms with Gasteiger partial charge in [0.1, 0.15) is 17.1 Å². The number of carbonyl (C=O) groups is 3. The Hall–Kier alpha value is -4.20. The molecule has 1 saturated heterocycles. The minimum absolute atomic E-state index is 0.0340. The first-order valence-electron chi connectivity index (χ1n) is 8.96. The zero-order chi connectivity index (χ0) is 21.3. The molecule has 3 aromatic rings. The van der Waals surface area contributed by atoms with Gasteiger partial charge in [-0.3, -0.25) is 14.9 Å². The number of anilines is 1. The van der Waals surface area contributed by atoms with Gasteiger partial charge in [-0.15, -0.1) is 0 Å². The predicted octanol–water partition coefficient (Wildman–Crippen LogP) is 3.29. The van der Waals surface area contributed by atoms with Gasteiger partial charge in [0.05, 0.1) is 12.8 Å². The molecule has 4 rings (SSSR count). The molecular weight excluding hydrogens is 389 g/mol. The fraction of sp³-hybridized carbons (Fsp3) is 0.0455. The monoisotopic (exact) mass is 405 g/mol. The third-order valence-corrected chi connectivity index (χ3v) is 4.57. The lowest BCUT2D eigenvalue weighted by atomic mass is 10.1. The number of aromatic nitrogens is 1. The zero-order valence-electron chi connectivity index (χ0n) is 15.8. The maximum atomic E-state index is 13.5. The number of benzene rings is 2. The molecule has 0 spiro atoms. The van der Waals surface area contributed by atoms with E-state index in [2.05, 4.69) is 5.32 Å². The number of amides is 4. The first kappa shape index (κ1) is 19.1. The average Bonchev–Trinajstić information content (AvgIpc) is 3.20. The lowest BCUT2D eigenvalue weighted by Crippen LogP contribution is -2.54. The van der Waals surface area contributed by atoms with Crippen molar-refractivity contribution in [3.8, 4) is 11.4 Å². The molecule has 1 aromatic heterocycles. The highest BCUT2D eigenvalue weighted by Gasteiger charge is 2.36. The summed E-state index contributed by atoms with van der Waals surface area (Å²) in [4.78, 5) is 38.0. The quantitative estimate of drug-likeness (QED) is 0.534. The summed E-state index contributed by atoms with van der Waals surface area (Å²) in [5, 5.41) is 2.12. The Morgan fingerprint density at radius 3 is 2.47 bits per heavy atom. The average molecular weight is 405 g/mol. The van der Waals surface area contributed by atoms with Crippen LogP contribution in [-0.4, -0.2) is 29.5 Å². The summed E-state index contributed by atoms with van der Waals surface area (Å²) >= 11 is 0. The minimum Gasteiger partial charge on any atom is -0.497 e. The molecule has 0 atom stereocenters. The van der Waals surface area contributed by atoms with E-state index in [-0.39, 0.29) is 11.3 Å². The number of halogens is 1. The molecule has 0 bridgehead atoms. The van der Waals surface area contributed by atoms with E-state index in [0.717, 1.165) is 22.4 Å². The summed E-state index contributed by atoms with van der Waals surface area (Å²) in [6.45, 7) is 0. The van der Waals surface area contributed by atoms with Crippen LogP contribution in [0.3, 0.4) is 0 Å². The van der Waals surface area contributed by atoms with Gasteiger partial charge in [-0.05, 0) is 60.2 Å². The fourth-order valence-corrected chi connectivity index (χ4v) is 3.09. The first-order chi connectivity index (χ1) is 14.5. The van der Waals surface area contributed by atoms with Crippen molar-refractivity contribution in [3.05, 3.63) is 83.9 Å². The van der Waals surface area contributed by atoms with Crippen LogP contribution in [0.5, 0.6) is 5.75 Å². The van der Waals surface area contributed by atoms with Crippen molar-refractivity contribution < 1.29 is 23.5 Å². The Kier molecular flexibility index (Phi) is 4.89. The third-order valence-electron chi connectivity index (χ3n) is 4.57. The molecule has 1 fully saturated rings. The second kappa shape index (κ2) is 7.67. The number of barbiturate groups is 1. The lowest BCUT2D eigenvalue weighted by molar-refractivity contribution is -0.122. The fourth-order valence-electron chi connectivity index (χ4n) is 3.09. The number of hydrogen-bond donors (Lipinski definition) is 1. The van der Waals surface area contributed by atoms with Crippen molar-refractivity contribution in [3.63, 3.8) is 0 Å². The molecule has 7 nitrogen and oxygen atoms in total. The number of imide groups is 2. The van der Waals surface area contributed by atoms with E-state index in [1.165, 1.54) is 24.3 Å². The van der Waals surface area contributed by atoms with Crippen molar-refractivity contribution in [1.29, 1.82) is 0 Å². The van der Waals surface area contributed by atoms with Crippen molar-refractivity contribution in [2.75, 3.05) is 12.0 Å². The van der Waals surface area contributed by atoms with E-state index in [1.807, 2.05) is 28.8 Å². The summed E-state index contributed by atoms with van der Waals surface area (Å²) < 4.78 is 20.5. The number of rotatable bonds is 4. The standard InChI is InChI=1S/C22H16FN3O4/c1-30-18-7-5-16(6-8-18)25-10-9-14(13-25)11-19-20(27)24-22(29)26(21(19)28)17-4-2-3-15(23)12-17/h2-13H,1H3,(H,24,27,29)/b19-11-. The molecular formula is C22H16FN3O4. The van der Waals surface area contributed by atoms with Crippen molar-refractivity contribution in [1.82, 2.24) is 9.88 Å². The van der Waals surface area contributed by atoms with Gasteiger partial charge in [0.15, 0.2) is 0 Å². The highest BCUT2D eigenvalue weighted by Crippen LogP contribution is 2.23. The Bertz CT molecular complexity index is 1180. The van der Waals surface area contributed by atoms with Crippen LogP contribution in [0, 0.1) is 5.82 Å². The van der Waals surface area contributed by atoms with Gasteiger partial charge in [-0.1, -0.05) is 6.07 Å². The molecule has 2 aromatic carbocycles. The van der Waals surface area contributed by atoms with Crippen LogP contribution in [0.15, 0.2) is 72.6 Å². The molecule has 150 valence electrons. The molecule has 0 aliphatic carbocycles. The molecule has 1 aliphatic heterocycles. The van der Waals surface area contributed by atoms with Gasteiger partial charge in [0, 0.05) is 18.1 Å². The Morgan fingerprint density at radius 1 is 1.00 bits per heavy atom. The number of methoxy groups -OCH3 is 1. The van der Waals surface area contributed by atoms with Gasteiger partial charge in [0.2, 0.25) is 0 Å². The summed E-state index contributed by atoms with van der Waals surface area (Å²) in [5.74, 6) is -1.52. The highest BCUT2D eigenvalue weighted by atomic mass is 19.1. The maximum absolute atomic E-state index is 13.5. The summed E-state index contributed by atoms with van der Waals surface area (Å²) in [6.07, 6.45) is 4.89. The van der Waals surface area contributed by atoms with Crippen LogP contribution in [0.1, 0.15) is 5.56 Å². The number of nitrogens with zero attached hydrogens (tertiary/aromatic N) is 2. The number of nitrogens with one attached hydrogen (secondary N) is 1. The molecule has 8 heteroatoms. The topological polar surface area (TPSA) is 80.6 Å². The number of carbonyl (C=O) groups excluding carboxylic acids is 3. The van der Waals surface area contributed by atoms with Crippen LogP contribution in [-0.2, 0) is 9.59 Å². The summed E-state index contributed by atoms with van der Waals surface area (Å²) in [7, 11) is 1.58. The van der Waals surface area contributed by atoms with Crippen molar-refractivity contribution in [2.45, 2.75) is 0 Å². The first-order valence-corrected chi connectivity index (χ1v) is 8.96. The Balaban J connectivity index is 1.65. The summed E-state index contributed by atoms with van der Waals surface area (Å²) in [6, 6.07) is 13.2. The molecule has 30 heavy (non-hydrogen) atoms. The van der Waals surface area contributed by atoms with Crippen molar-refractivity contribution >= 4 is 29.6 Å². The van der Waals surface area contributed by atoms with Gasteiger partial charge in [0.25, 0.3) is 11.8 Å². The second-order valence-electron chi connectivity index (χ2n) is 6.49. The van der Waals surface area contributed by atoms with Gasteiger partial charge >= 0.3 is 6.03 Å². The number of hydrogen-bond acceptors (Lipinski definition) is 4. The highest BCUT2D eigenvalue weighted by molar-refractivity contribution is 6.39. The van der Waals surface area contributed by atoms with Crippen LogP contribution >= 0.6 is 0 Å². The van der Waals surface area contributed by atoms with Crippen LogP contribution < -0.4 is 15.0 Å². The largest absolute Gasteiger partial charge is 0.497 e. The lowest BCUT2D eigenvalue weighted by Gasteiger charge is -2.26. The normalized spacial score (nSPS) is 15.5. The van der Waals surface area contributed by atoms with E-state index in [0.29, 0.717) is 5.56 Å². The number of urea groups is 1. The van der Waals surface area contributed by atoms with Crippen LogP contribution in [0.2, 0.25) is 0 Å². The Morgan fingerprint density at radius 2 is 1.77 bits per heavy atom. The number of ether oxygens (including phenoxy) is 1. The molecule has 1 aliphatic rings. The molecule has 0 saturated carbocycles.